The van der Waals surface area contributed by atoms with Crippen molar-refractivity contribution in [3.8, 4) is 17.2 Å². The summed E-state index contributed by atoms with van der Waals surface area (Å²) in [7, 11) is 0. The monoisotopic (exact) mass is 607 g/mol. The van der Waals surface area contributed by atoms with Crippen LogP contribution in [-0.2, 0) is 0 Å². The predicted molar refractivity (Wildman–Crippen MR) is 196 cm³/mol. The molecule has 1 aliphatic heterocycles. The van der Waals surface area contributed by atoms with Gasteiger partial charge in [-0.2, -0.15) is 5.26 Å². The fourth-order valence-corrected chi connectivity index (χ4v) is 7.77. The molecule has 3 heteroatoms. The zero-order chi connectivity index (χ0) is 31.7. The smallest absolute Gasteiger partial charge is 0.0988 e. The Morgan fingerprint density at radius 1 is 0.809 bits per heavy atom. The van der Waals surface area contributed by atoms with Crippen LogP contribution in [0.2, 0.25) is 0 Å². The first-order chi connectivity index (χ1) is 23.2. The van der Waals surface area contributed by atoms with Crippen LogP contribution in [0.1, 0.15) is 36.8 Å². The summed E-state index contributed by atoms with van der Waals surface area (Å²) in [4.78, 5) is 2.52. The largest absolute Gasteiger partial charge is 0.355 e. The van der Waals surface area contributed by atoms with Crippen molar-refractivity contribution < 1.29 is 0 Å². The summed E-state index contributed by atoms with van der Waals surface area (Å²) in [5, 5.41) is 13.1. The lowest BCUT2D eigenvalue weighted by molar-refractivity contribution is 0.535. The number of rotatable bonds is 6. The quantitative estimate of drug-likeness (QED) is 0.237. The maximum atomic E-state index is 9.37. The van der Waals surface area contributed by atoms with Crippen LogP contribution in [-0.4, -0.2) is 6.04 Å². The highest BCUT2D eigenvalue weighted by Crippen LogP contribution is 2.49. The highest BCUT2D eigenvalue weighted by Gasteiger charge is 2.35. The predicted octanol–water partition coefficient (Wildman–Crippen LogP) is 11.2. The lowest BCUT2D eigenvalue weighted by Gasteiger charge is -2.32. The van der Waals surface area contributed by atoms with Crippen molar-refractivity contribution in [1.82, 2.24) is 0 Å². The first-order valence-electron chi connectivity index (χ1n) is 16.7. The third-order valence-corrected chi connectivity index (χ3v) is 10.2. The molecule has 0 radical (unpaired) electrons. The van der Waals surface area contributed by atoms with Crippen molar-refractivity contribution in [2.24, 2.45) is 11.8 Å². The molecule has 0 spiro atoms. The van der Waals surface area contributed by atoms with Gasteiger partial charge in [0.2, 0.25) is 0 Å². The molecule has 47 heavy (non-hydrogen) atoms. The van der Waals surface area contributed by atoms with Crippen molar-refractivity contribution in [3.63, 3.8) is 0 Å². The van der Waals surface area contributed by atoms with E-state index >= 15 is 0 Å². The number of nitriles is 1. The Kier molecular flexibility index (Phi) is 7.56. The van der Waals surface area contributed by atoms with E-state index in [0.717, 1.165) is 29.8 Å². The molecule has 4 aromatic carbocycles. The van der Waals surface area contributed by atoms with E-state index < -0.39 is 0 Å². The molecule has 1 heterocycles. The SMILES string of the molecule is CC1C(C2C=CC(C#N)=CC2)=CC=CC1c1cc(-c2ccc3c(c2)N(c2ccccc2)C2CC=CC=C32)ccc1Nc1ccccc1. The van der Waals surface area contributed by atoms with E-state index in [1.165, 1.54) is 44.8 Å². The molecule has 4 aliphatic rings. The van der Waals surface area contributed by atoms with Crippen LogP contribution in [0, 0.1) is 23.2 Å². The first-order valence-corrected chi connectivity index (χ1v) is 16.7. The van der Waals surface area contributed by atoms with Gasteiger partial charge in [-0.3, -0.25) is 0 Å². The molecule has 228 valence electrons. The molecule has 3 aliphatic carbocycles. The molecule has 1 N–H and O–H groups in total. The maximum absolute atomic E-state index is 9.37. The summed E-state index contributed by atoms with van der Waals surface area (Å²) < 4.78 is 0. The molecule has 0 fully saturated rings. The second kappa shape index (κ2) is 12.3. The van der Waals surface area contributed by atoms with Crippen molar-refractivity contribution in [3.05, 3.63) is 174 Å². The van der Waals surface area contributed by atoms with Crippen LogP contribution in [0.5, 0.6) is 0 Å². The van der Waals surface area contributed by atoms with Crippen LogP contribution < -0.4 is 10.2 Å². The zero-order valence-electron chi connectivity index (χ0n) is 26.6. The summed E-state index contributed by atoms with van der Waals surface area (Å²) in [6.45, 7) is 2.35. The van der Waals surface area contributed by atoms with Gasteiger partial charge in [-0.1, -0.05) is 116 Å². The van der Waals surface area contributed by atoms with E-state index in [0.29, 0.717) is 17.9 Å². The average molecular weight is 608 g/mol. The van der Waals surface area contributed by atoms with Gasteiger partial charge in [0.1, 0.15) is 0 Å². The second-order valence-electron chi connectivity index (χ2n) is 12.9. The lowest BCUT2D eigenvalue weighted by Crippen LogP contribution is -2.26. The van der Waals surface area contributed by atoms with Crippen molar-refractivity contribution in [2.75, 3.05) is 10.2 Å². The minimum Gasteiger partial charge on any atom is -0.355 e. The Bertz CT molecular complexity index is 2050. The molecule has 0 aromatic heterocycles. The summed E-state index contributed by atoms with van der Waals surface area (Å²) in [5.74, 6) is 0.802. The minimum absolute atomic E-state index is 0.199. The molecule has 0 saturated heterocycles. The number of fused-ring (bicyclic) bond motifs is 3. The Balaban J connectivity index is 1.19. The topological polar surface area (TPSA) is 39.1 Å². The van der Waals surface area contributed by atoms with Crippen LogP contribution in [0.4, 0.5) is 22.7 Å². The number of nitrogens with one attached hydrogen (secondary N) is 1. The number of para-hydroxylation sites is 2. The van der Waals surface area contributed by atoms with E-state index in [1.54, 1.807) is 0 Å². The number of anilines is 4. The summed E-state index contributed by atoms with van der Waals surface area (Å²) in [5.41, 5.74) is 13.3. The average Bonchev–Trinajstić information content (AvgIpc) is 3.46. The molecule has 3 nitrogen and oxygen atoms in total. The van der Waals surface area contributed by atoms with Gasteiger partial charge in [0.25, 0.3) is 0 Å². The number of allylic oxidation sites excluding steroid dienone is 10. The van der Waals surface area contributed by atoms with Gasteiger partial charge in [0.05, 0.1) is 12.1 Å². The van der Waals surface area contributed by atoms with E-state index in [2.05, 4.69) is 169 Å². The lowest BCUT2D eigenvalue weighted by atomic mass is 9.72. The Morgan fingerprint density at radius 3 is 2.38 bits per heavy atom. The first kappa shape index (κ1) is 28.9. The van der Waals surface area contributed by atoms with Gasteiger partial charge < -0.3 is 10.2 Å². The van der Waals surface area contributed by atoms with Crippen molar-refractivity contribution >= 4 is 28.3 Å². The Labute approximate surface area is 277 Å². The van der Waals surface area contributed by atoms with E-state index in [4.69, 9.17) is 0 Å². The number of hydrogen-bond acceptors (Lipinski definition) is 3. The van der Waals surface area contributed by atoms with Gasteiger partial charge in [0, 0.05) is 45.7 Å². The molecule has 0 saturated carbocycles. The molecule has 4 atom stereocenters. The molecular weight excluding hydrogens is 571 g/mol. The van der Waals surface area contributed by atoms with Gasteiger partial charge in [-0.15, -0.1) is 0 Å². The number of nitrogens with zero attached hydrogens (tertiary/aromatic N) is 2. The van der Waals surface area contributed by atoms with Gasteiger partial charge >= 0.3 is 0 Å². The third kappa shape index (κ3) is 5.37. The molecule has 4 unspecified atom stereocenters. The zero-order valence-corrected chi connectivity index (χ0v) is 26.6. The van der Waals surface area contributed by atoms with Gasteiger partial charge in [-0.05, 0) is 89.6 Å². The third-order valence-electron chi connectivity index (χ3n) is 10.2. The summed E-state index contributed by atoms with van der Waals surface area (Å²) in [6.07, 6.45) is 21.8. The fraction of sp³-hybridized carbons (Fsp3) is 0.159. The molecule has 4 aromatic rings. The highest BCUT2D eigenvalue weighted by molar-refractivity contribution is 5.95. The van der Waals surface area contributed by atoms with Crippen LogP contribution in [0.25, 0.3) is 16.7 Å². The van der Waals surface area contributed by atoms with Crippen LogP contribution in [0.3, 0.4) is 0 Å². The van der Waals surface area contributed by atoms with E-state index in [9.17, 15) is 5.26 Å². The minimum atomic E-state index is 0.199. The summed E-state index contributed by atoms with van der Waals surface area (Å²) >= 11 is 0. The van der Waals surface area contributed by atoms with Crippen LogP contribution >= 0.6 is 0 Å². The summed E-state index contributed by atoms with van der Waals surface area (Å²) in [6, 6.07) is 37.8. The van der Waals surface area contributed by atoms with Crippen molar-refractivity contribution in [1.29, 1.82) is 5.26 Å². The maximum Gasteiger partial charge on any atom is 0.0988 e. The standard InChI is InChI=1S/C44H37N3/c1-30-37(32-21-19-31(29-45)20-22-32)16-10-17-38(30)41-27-33(24-26-42(41)46-35-11-4-2-5-12-35)34-23-25-40-39-15-8-9-18-43(39)47(44(40)28-34)36-13-6-3-7-14-36/h2-17,19-21,23-28,30,32,38,43,46H,18,22H2,1H3. The fourth-order valence-electron chi connectivity index (χ4n) is 7.77. The van der Waals surface area contributed by atoms with Gasteiger partial charge in [0.15, 0.2) is 0 Å². The number of benzene rings is 4. The van der Waals surface area contributed by atoms with Crippen LogP contribution in [0.15, 0.2) is 163 Å². The molecule has 8 rings (SSSR count). The molecule has 0 amide bonds. The van der Waals surface area contributed by atoms with E-state index in [-0.39, 0.29) is 5.92 Å². The van der Waals surface area contributed by atoms with Crippen molar-refractivity contribution in [2.45, 2.75) is 31.7 Å². The number of hydrogen-bond donors (Lipinski definition) is 1. The Hall–Kier alpha value is -5.59. The Morgan fingerprint density at radius 2 is 1.60 bits per heavy atom. The van der Waals surface area contributed by atoms with E-state index in [1.807, 2.05) is 6.08 Å². The molecule has 0 bridgehead atoms. The highest BCUT2D eigenvalue weighted by atomic mass is 15.2. The normalized spacial score (nSPS) is 22.5. The van der Waals surface area contributed by atoms with Gasteiger partial charge in [-0.25, -0.2) is 0 Å². The molecular formula is C44H37N3. The second-order valence-corrected chi connectivity index (χ2v) is 12.9.